The Hall–Kier alpha value is -2.77. The van der Waals surface area contributed by atoms with Crippen LogP contribution in [0.5, 0.6) is 0 Å². The zero-order chi connectivity index (χ0) is 20.1. The molecule has 0 radical (unpaired) electrons. The first-order chi connectivity index (χ1) is 13.2. The summed E-state index contributed by atoms with van der Waals surface area (Å²) >= 11 is 0. The second-order valence-corrected chi connectivity index (χ2v) is 8.48. The van der Waals surface area contributed by atoms with Crippen molar-refractivity contribution in [1.82, 2.24) is 5.32 Å². The number of hydrogen-bond donors (Lipinski definition) is 1. The Bertz CT molecular complexity index is 828. The predicted molar refractivity (Wildman–Crippen MR) is 103 cm³/mol. The highest BCUT2D eigenvalue weighted by molar-refractivity contribution is 6.03. The molecule has 1 saturated carbocycles. The number of hydrogen-bond acceptors (Lipinski definition) is 5. The van der Waals surface area contributed by atoms with Crippen molar-refractivity contribution < 1.29 is 23.9 Å². The lowest BCUT2D eigenvalue weighted by Crippen LogP contribution is -2.38. The number of benzene rings is 1. The van der Waals surface area contributed by atoms with Crippen molar-refractivity contribution in [2.45, 2.75) is 57.8 Å². The molecule has 0 bridgehead atoms. The lowest BCUT2D eigenvalue weighted by Gasteiger charge is -2.20. The summed E-state index contributed by atoms with van der Waals surface area (Å²) < 4.78 is 10.5. The summed E-state index contributed by atoms with van der Waals surface area (Å²) in [4.78, 5) is 39.8. The van der Waals surface area contributed by atoms with Crippen molar-refractivity contribution >= 4 is 29.5 Å². The summed E-state index contributed by atoms with van der Waals surface area (Å²) in [5.74, 6) is 0.123. The summed E-state index contributed by atoms with van der Waals surface area (Å²) in [6.07, 6.45) is 1.01. The van der Waals surface area contributed by atoms with Gasteiger partial charge in [-0.1, -0.05) is 0 Å². The minimum absolute atomic E-state index is 0.123. The van der Waals surface area contributed by atoms with E-state index in [4.69, 9.17) is 9.47 Å². The van der Waals surface area contributed by atoms with Crippen molar-refractivity contribution in [1.29, 1.82) is 0 Å². The van der Waals surface area contributed by atoms with Crippen LogP contribution in [0.25, 0.3) is 0 Å². The molecule has 8 nitrogen and oxygen atoms in total. The van der Waals surface area contributed by atoms with Gasteiger partial charge in [-0.2, -0.15) is 0 Å². The molecule has 3 amide bonds. The Morgan fingerprint density at radius 3 is 2.71 bits per heavy atom. The minimum Gasteiger partial charge on any atom is -0.444 e. The van der Waals surface area contributed by atoms with Gasteiger partial charge in [-0.05, 0) is 57.4 Å². The fourth-order valence-corrected chi connectivity index (χ4v) is 3.58. The SMILES string of the molecule is CC(C)(C)OC(=O)NC[C@H]1CN(c2ccc3c(c2)CC(=O)N3C2CC2)C(=O)O1. The first kappa shape index (κ1) is 18.6. The number of alkyl carbamates (subject to hydrolysis) is 1. The molecule has 4 rings (SSSR count). The maximum Gasteiger partial charge on any atom is 0.414 e. The van der Waals surface area contributed by atoms with E-state index in [0.29, 0.717) is 24.7 Å². The maximum atomic E-state index is 12.3. The van der Waals surface area contributed by atoms with Crippen LogP contribution in [0.2, 0.25) is 0 Å². The first-order valence-corrected chi connectivity index (χ1v) is 9.61. The second-order valence-electron chi connectivity index (χ2n) is 8.48. The molecule has 1 saturated heterocycles. The van der Waals surface area contributed by atoms with E-state index in [0.717, 1.165) is 24.1 Å². The van der Waals surface area contributed by atoms with Crippen LogP contribution in [0.15, 0.2) is 18.2 Å². The second kappa shape index (κ2) is 6.68. The Labute approximate surface area is 163 Å². The highest BCUT2D eigenvalue weighted by atomic mass is 16.6. The summed E-state index contributed by atoms with van der Waals surface area (Å²) in [5.41, 5.74) is 2.01. The van der Waals surface area contributed by atoms with E-state index < -0.39 is 23.9 Å². The van der Waals surface area contributed by atoms with Crippen LogP contribution in [-0.2, 0) is 20.7 Å². The fourth-order valence-electron chi connectivity index (χ4n) is 3.58. The average Bonchev–Trinajstić information content (AvgIpc) is 3.27. The van der Waals surface area contributed by atoms with E-state index in [2.05, 4.69) is 5.32 Å². The highest BCUT2D eigenvalue weighted by Gasteiger charge is 2.40. The van der Waals surface area contributed by atoms with E-state index in [9.17, 15) is 14.4 Å². The van der Waals surface area contributed by atoms with Gasteiger partial charge >= 0.3 is 12.2 Å². The highest BCUT2D eigenvalue weighted by Crippen LogP contribution is 2.40. The number of rotatable bonds is 4. The third-order valence-corrected chi connectivity index (χ3v) is 4.90. The van der Waals surface area contributed by atoms with Gasteiger partial charge in [-0.3, -0.25) is 9.69 Å². The van der Waals surface area contributed by atoms with Crippen LogP contribution in [-0.4, -0.2) is 48.9 Å². The average molecular weight is 387 g/mol. The molecular weight excluding hydrogens is 362 g/mol. The van der Waals surface area contributed by atoms with Crippen LogP contribution < -0.4 is 15.1 Å². The monoisotopic (exact) mass is 387 g/mol. The molecule has 2 fully saturated rings. The fraction of sp³-hybridized carbons (Fsp3) is 0.550. The minimum atomic E-state index is -0.585. The number of carbonyl (C=O) groups is 3. The lowest BCUT2D eigenvalue weighted by molar-refractivity contribution is -0.117. The van der Waals surface area contributed by atoms with Crippen molar-refractivity contribution in [2.75, 3.05) is 22.9 Å². The predicted octanol–water partition coefficient (Wildman–Crippen LogP) is 2.59. The topological polar surface area (TPSA) is 88.2 Å². The van der Waals surface area contributed by atoms with Crippen LogP contribution >= 0.6 is 0 Å². The van der Waals surface area contributed by atoms with Crippen molar-refractivity contribution in [3.8, 4) is 0 Å². The molecule has 0 spiro atoms. The summed E-state index contributed by atoms with van der Waals surface area (Å²) in [5, 5.41) is 2.63. The van der Waals surface area contributed by atoms with E-state index in [1.54, 1.807) is 20.8 Å². The summed E-state index contributed by atoms with van der Waals surface area (Å²) in [6.45, 7) is 5.86. The molecule has 1 aromatic rings. The molecule has 1 atom stereocenters. The molecule has 8 heteroatoms. The summed E-state index contributed by atoms with van der Waals surface area (Å²) in [6, 6.07) is 5.98. The zero-order valence-electron chi connectivity index (χ0n) is 16.4. The van der Waals surface area contributed by atoms with Crippen molar-refractivity contribution in [2.24, 2.45) is 0 Å². The third-order valence-electron chi connectivity index (χ3n) is 4.90. The molecule has 2 aliphatic heterocycles. The van der Waals surface area contributed by atoms with E-state index in [1.807, 2.05) is 23.1 Å². The molecule has 0 unspecified atom stereocenters. The lowest BCUT2D eigenvalue weighted by atomic mass is 10.1. The summed E-state index contributed by atoms with van der Waals surface area (Å²) in [7, 11) is 0. The van der Waals surface area contributed by atoms with E-state index in [-0.39, 0.29) is 12.5 Å². The number of cyclic esters (lactones) is 1. The number of ether oxygens (including phenoxy) is 2. The Morgan fingerprint density at radius 1 is 1.29 bits per heavy atom. The molecule has 0 aromatic heterocycles. The first-order valence-electron chi connectivity index (χ1n) is 9.61. The number of amides is 3. The van der Waals surface area contributed by atoms with Crippen LogP contribution in [0.3, 0.4) is 0 Å². The van der Waals surface area contributed by atoms with Gasteiger partial charge in [-0.25, -0.2) is 9.59 Å². The van der Waals surface area contributed by atoms with Gasteiger partial charge in [0.2, 0.25) is 5.91 Å². The molecule has 3 aliphatic rings. The molecule has 1 aliphatic carbocycles. The largest absolute Gasteiger partial charge is 0.444 e. The van der Waals surface area contributed by atoms with Gasteiger partial charge in [0.15, 0.2) is 0 Å². The molecule has 2 heterocycles. The zero-order valence-corrected chi connectivity index (χ0v) is 16.4. The quantitative estimate of drug-likeness (QED) is 0.858. The van der Waals surface area contributed by atoms with Gasteiger partial charge in [0, 0.05) is 17.4 Å². The smallest absolute Gasteiger partial charge is 0.414 e. The van der Waals surface area contributed by atoms with Crippen molar-refractivity contribution in [3.63, 3.8) is 0 Å². The molecule has 1 aromatic carbocycles. The van der Waals surface area contributed by atoms with Crippen LogP contribution in [0.1, 0.15) is 39.2 Å². The molecule has 150 valence electrons. The van der Waals surface area contributed by atoms with Gasteiger partial charge in [0.25, 0.3) is 0 Å². The van der Waals surface area contributed by atoms with Crippen LogP contribution in [0, 0.1) is 0 Å². The van der Waals surface area contributed by atoms with E-state index in [1.165, 1.54) is 4.90 Å². The number of carbonyl (C=O) groups excluding carboxylic acids is 3. The van der Waals surface area contributed by atoms with Gasteiger partial charge in [-0.15, -0.1) is 0 Å². The van der Waals surface area contributed by atoms with E-state index >= 15 is 0 Å². The number of nitrogens with one attached hydrogen (secondary N) is 1. The Kier molecular flexibility index (Phi) is 4.44. The number of nitrogens with zero attached hydrogens (tertiary/aromatic N) is 2. The van der Waals surface area contributed by atoms with Gasteiger partial charge in [0.05, 0.1) is 19.5 Å². The standard InChI is InChI=1S/C20H25N3O5/c1-20(2,3)28-18(25)21-10-15-11-22(19(26)27-15)14-6-7-16-12(8-14)9-17(24)23(16)13-4-5-13/h6-8,13,15H,4-5,9-11H2,1-3H3,(H,21,25)/t15-/m0/s1. The molecular formula is C20H25N3O5. The Balaban J connectivity index is 1.39. The van der Waals surface area contributed by atoms with Crippen molar-refractivity contribution in [3.05, 3.63) is 23.8 Å². The van der Waals surface area contributed by atoms with Gasteiger partial charge in [0.1, 0.15) is 11.7 Å². The molecule has 1 N–H and O–H groups in total. The Morgan fingerprint density at radius 2 is 2.04 bits per heavy atom. The number of anilines is 2. The van der Waals surface area contributed by atoms with Crippen LogP contribution in [0.4, 0.5) is 21.0 Å². The number of fused-ring (bicyclic) bond motifs is 1. The van der Waals surface area contributed by atoms with Gasteiger partial charge < -0.3 is 19.7 Å². The molecule has 28 heavy (non-hydrogen) atoms. The normalized spacial score (nSPS) is 21.6. The maximum absolute atomic E-state index is 12.3. The third kappa shape index (κ3) is 3.76.